The van der Waals surface area contributed by atoms with Gasteiger partial charge in [-0.15, -0.1) is 0 Å². The number of benzene rings is 2. The van der Waals surface area contributed by atoms with Gasteiger partial charge in [-0.1, -0.05) is 0 Å². The highest BCUT2D eigenvalue weighted by molar-refractivity contribution is 5.91. The molecular weight excluding hydrogens is 435 g/mol. The molecule has 172 valence electrons. The maximum absolute atomic E-state index is 13.4. The van der Waals surface area contributed by atoms with Crippen LogP contribution >= 0.6 is 0 Å². The molecule has 0 atom stereocenters. The smallest absolute Gasteiger partial charge is 0.231 e. The third-order valence-corrected chi connectivity index (χ3v) is 6.43. The molecule has 6 nitrogen and oxygen atoms in total. The van der Waals surface area contributed by atoms with E-state index in [-0.39, 0.29) is 12.6 Å². The van der Waals surface area contributed by atoms with Gasteiger partial charge in [-0.05, 0) is 41.3 Å². The summed E-state index contributed by atoms with van der Waals surface area (Å²) in [6.45, 7) is 2.30. The van der Waals surface area contributed by atoms with E-state index in [2.05, 4.69) is 35.0 Å². The average molecular weight is 461 g/mol. The number of hydrogen-bond donors (Lipinski definition) is 0. The number of halogens is 1. The lowest BCUT2D eigenvalue weighted by Crippen LogP contribution is -2.40. The number of aryl methyl sites for hydroxylation is 3. The van der Waals surface area contributed by atoms with Crippen LogP contribution in [0.4, 0.5) is 4.39 Å². The van der Waals surface area contributed by atoms with Crippen molar-refractivity contribution in [3.05, 3.63) is 72.4 Å². The highest BCUT2D eigenvalue weighted by Gasteiger charge is 2.28. The Balaban J connectivity index is 1.31. The SMILES string of the molecule is COc1ccc2cc3[n+](cc2c1OCCC[n+]1cccc(F)c1)CCc1cc2c(cc1-3)OCO2. The second-order valence-corrected chi connectivity index (χ2v) is 8.53. The van der Waals surface area contributed by atoms with Crippen molar-refractivity contribution in [2.45, 2.75) is 25.9 Å². The van der Waals surface area contributed by atoms with Gasteiger partial charge in [-0.25, -0.2) is 8.96 Å². The van der Waals surface area contributed by atoms with Crippen LogP contribution in [0.25, 0.3) is 22.0 Å². The maximum atomic E-state index is 13.4. The number of pyridine rings is 2. The van der Waals surface area contributed by atoms with Crippen molar-refractivity contribution in [1.29, 1.82) is 0 Å². The molecule has 4 heterocycles. The molecule has 0 amide bonds. The Kier molecular flexibility index (Phi) is 5.17. The summed E-state index contributed by atoms with van der Waals surface area (Å²) in [5.41, 5.74) is 3.58. The fraction of sp³-hybridized carbons (Fsp3) is 0.259. The Labute approximate surface area is 196 Å². The minimum absolute atomic E-state index is 0.244. The largest absolute Gasteiger partial charge is 0.493 e. The fourth-order valence-corrected chi connectivity index (χ4v) is 4.76. The quantitative estimate of drug-likeness (QED) is 0.323. The van der Waals surface area contributed by atoms with Gasteiger partial charge in [-0.2, -0.15) is 4.57 Å². The number of hydrogen-bond acceptors (Lipinski definition) is 4. The van der Waals surface area contributed by atoms with Gasteiger partial charge in [0.15, 0.2) is 54.3 Å². The Hall–Kier alpha value is -3.87. The molecule has 0 saturated carbocycles. The van der Waals surface area contributed by atoms with Crippen LogP contribution in [0, 0.1) is 5.82 Å². The van der Waals surface area contributed by atoms with Crippen molar-refractivity contribution in [3.63, 3.8) is 0 Å². The molecule has 4 aromatic rings. The van der Waals surface area contributed by atoms with Crippen molar-refractivity contribution in [1.82, 2.24) is 0 Å². The van der Waals surface area contributed by atoms with E-state index in [1.807, 2.05) is 16.8 Å². The van der Waals surface area contributed by atoms with Gasteiger partial charge in [-0.3, -0.25) is 0 Å². The molecule has 0 saturated heterocycles. The summed E-state index contributed by atoms with van der Waals surface area (Å²) in [6, 6.07) is 13.5. The zero-order chi connectivity index (χ0) is 23.1. The summed E-state index contributed by atoms with van der Waals surface area (Å²) in [5, 5.41) is 2.08. The number of aromatic nitrogens is 2. The molecule has 0 spiro atoms. The first kappa shape index (κ1) is 20.7. The first-order valence-electron chi connectivity index (χ1n) is 11.4. The number of nitrogens with zero attached hydrogens (tertiary/aromatic N) is 2. The van der Waals surface area contributed by atoms with Crippen LogP contribution in [0.3, 0.4) is 0 Å². The molecule has 0 radical (unpaired) electrons. The third-order valence-electron chi connectivity index (χ3n) is 6.43. The molecule has 2 aromatic carbocycles. The van der Waals surface area contributed by atoms with Crippen molar-refractivity contribution in [2.75, 3.05) is 20.5 Å². The zero-order valence-electron chi connectivity index (χ0n) is 18.9. The Morgan fingerprint density at radius 2 is 1.94 bits per heavy atom. The monoisotopic (exact) mass is 460 g/mol. The van der Waals surface area contributed by atoms with Crippen LogP contribution in [-0.2, 0) is 19.5 Å². The lowest BCUT2D eigenvalue weighted by atomic mass is 9.95. The molecular formula is C27H25FN2O4+2. The van der Waals surface area contributed by atoms with Crippen molar-refractivity contribution in [3.8, 4) is 34.3 Å². The molecule has 0 N–H and O–H groups in total. The molecule has 2 aliphatic heterocycles. The van der Waals surface area contributed by atoms with Gasteiger partial charge >= 0.3 is 0 Å². The van der Waals surface area contributed by atoms with Crippen molar-refractivity contribution < 1.29 is 32.5 Å². The summed E-state index contributed by atoms with van der Waals surface area (Å²) in [4.78, 5) is 0. The van der Waals surface area contributed by atoms with Crippen molar-refractivity contribution in [2.24, 2.45) is 0 Å². The van der Waals surface area contributed by atoms with E-state index in [0.717, 1.165) is 53.1 Å². The molecule has 34 heavy (non-hydrogen) atoms. The molecule has 7 heteroatoms. The van der Waals surface area contributed by atoms with Crippen molar-refractivity contribution >= 4 is 10.8 Å². The van der Waals surface area contributed by atoms with Gasteiger partial charge in [0.05, 0.1) is 24.7 Å². The molecule has 2 aliphatic rings. The van der Waals surface area contributed by atoms with Crippen LogP contribution in [-0.4, -0.2) is 20.5 Å². The molecule has 0 unspecified atom stereocenters. The van der Waals surface area contributed by atoms with E-state index < -0.39 is 0 Å². The number of ether oxygens (including phenoxy) is 4. The van der Waals surface area contributed by atoms with Crippen LogP contribution < -0.4 is 28.1 Å². The van der Waals surface area contributed by atoms with E-state index in [9.17, 15) is 4.39 Å². The molecule has 0 aliphatic carbocycles. The highest BCUT2D eigenvalue weighted by Crippen LogP contribution is 2.41. The third kappa shape index (κ3) is 3.67. The molecule has 2 aromatic heterocycles. The first-order chi connectivity index (χ1) is 16.7. The summed E-state index contributed by atoms with van der Waals surface area (Å²) in [7, 11) is 1.65. The van der Waals surface area contributed by atoms with Gasteiger partial charge in [0.25, 0.3) is 0 Å². The lowest BCUT2D eigenvalue weighted by Gasteiger charge is -2.18. The second kappa shape index (κ2) is 8.48. The van der Waals surface area contributed by atoms with E-state index >= 15 is 0 Å². The number of methoxy groups -OCH3 is 1. The van der Waals surface area contributed by atoms with Crippen LogP contribution in [0.15, 0.2) is 61.1 Å². The van der Waals surface area contributed by atoms with E-state index in [0.29, 0.717) is 18.9 Å². The van der Waals surface area contributed by atoms with E-state index in [1.54, 1.807) is 13.2 Å². The predicted molar refractivity (Wildman–Crippen MR) is 123 cm³/mol. The Bertz CT molecular complexity index is 1410. The topological polar surface area (TPSA) is 44.7 Å². The number of fused-ring (bicyclic) bond motifs is 5. The zero-order valence-corrected chi connectivity index (χ0v) is 18.9. The Morgan fingerprint density at radius 1 is 1.06 bits per heavy atom. The highest BCUT2D eigenvalue weighted by atomic mass is 19.1. The summed E-state index contributed by atoms with van der Waals surface area (Å²) >= 11 is 0. The predicted octanol–water partition coefficient (Wildman–Crippen LogP) is 3.98. The minimum atomic E-state index is -0.244. The van der Waals surface area contributed by atoms with E-state index in [4.69, 9.17) is 18.9 Å². The van der Waals surface area contributed by atoms with Gasteiger partial charge in [0, 0.05) is 25.0 Å². The minimum Gasteiger partial charge on any atom is -0.493 e. The lowest BCUT2D eigenvalue weighted by molar-refractivity contribution is -0.698. The van der Waals surface area contributed by atoms with Crippen LogP contribution in [0.1, 0.15) is 12.0 Å². The summed E-state index contributed by atoms with van der Waals surface area (Å²) < 4.78 is 40.6. The van der Waals surface area contributed by atoms with Crippen LogP contribution in [0.5, 0.6) is 23.0 Å². The Morgan fingerprint density at radius 3 is 2.79 bits per heavy atom. The second-order valence-electron chi connectivity index (χ2n) is 8.53. The summed E-state index contributed by atoms with van der Waals surface area (Å²) in [5.74, 6) is 2.81. The average Bonchev–Trinajstić information content (AvgIpc) is 3.31. The maximum Gasteiger partial charge on any atom is 0.231 e. The standard InChI is InChI=1S/C27H25FN2O4/c1-31-24-6-5-18-12-23-21-14-26-25(33-17-34-26)13-19(21)7-10-30(23)16-22(18)27(24)32-11-3-9-29-8-2-4-20(28)15-29/h2,4-6,8,12-16H,3,7,9-11,17H2,1H3/q+2. The van der Waals surface area contributed by atoms with Gasteiger partial charge in [0.1, 0.15) is 0 Å². The van der Waals surface area contributed by atoms with Crippen LogP contribution in [0.2, 0.25) is 0 Å². The van der Waals surface area contributed by atoms with E-state index in [1.165, 1.54) is 23.4 Å². The van der Waals surface area contributed by atoms with Gasteiger partial charge < -0.3 is 18.9 Å². The normalized spacial score (nSPS) is 13.5. The first-order valence-corrected chi connectivity index (χ1v) is 11.4. The number of rotatable bonds is 6. The molecule has 6 rings (SSSR count). The fourth-order valence-electron chi connectivity index (χ4n) is 4.76. The summed E-state index contributed by atoms with van der Waals surface area (Å²) in [6.07, 6.45) is 7.16. The van der Waals surface area contributed by atoms with Gasteiger partial charge in [0.2, 0.25) is 18.7 Å². The molecule has 0 bridgehead atoms. The molecule has 0 fully saturated rings.